The Bertz CT molecular complexity index is 156. The van der Waals surface area contributed by atoms with Gasteiger partial charge in [0.1, 0.15) is 12.1 Å². The molecule has 1 saturated heterocycles. The van der Waals surface area contributed by atoms with Crippen LogP contribution >= 0.6 is 0 Å². The van der Waals surface area contributed by atoms with Gasteiger partial charge in [0.25, 0.3) is 6.02 Å². The highest BCUT2D eigenvalue weighted by Gasteiger charge is 2.33. The summed E-state index contributed by atoms with van der Waals surface area (Å²) in [5, 5.41) is 3.16. The molecule has 2 rings (SSSR count). The van der Waals surface area contributed by atoms with Gasteiger partial charge in [-0.2, -0.15) is 0 Å². The Morgan fingerprint density at radius 1 is 1.67 bits per heavy atom. The van der Waals surface area contributed by atoms with Gasteiger partial charge < -0.3 is 15.8 Å². The van der Waals surface area contributed by atoms with Crippen molar-refractivity contribution in [2.24, 2.45) is 10.7 Å². The van der Waals surface area contributed by atoms with Gasteiger partial charge in [0, 0.05) is 13.1 Å². The number of aliphatic imine (C=N–C) groups is 1. The summed E-state index contributed by atoms with van der Waals surface area (Å²) in [6, 6.07) is 0.636. The van der Waals surface area contributed by atoms with E-state index in [0.717, 1.165) is 13.1 Å². The zero-order valence-corrected chi connectivity index (χ0v) is 5.00. The first-order valence-corrected chi connectivity index (χ1v) is 3.07. The van der Waals surface area contributed by atoms with Gasteiger partial charge in [0.2, 0.25) is 0 Å². The first-order chi connectivity index (χ1) is 4.36. The molecule has 0 radical (unpaired) electrons. The quantitative estimate of drug-likeness (QED) is 0.424. The van der Waals surface area contributed by atoms with E-state index in [0.29, 0.717) is 6.02 Å². The number of hydrogen-bond donors (Lipinski definition) is 2. The first-order valence-electron chi connectivity index (χ1n) is 3.07. The second-order valence-corrected chi connectivity index (χ2v) is 2.35. The van der Waals surface area contributed by atoms with Gasteiger partial charge in [0.05, 0.1) is 0 Å². The minimum atomic E-state index is 0.213. The van der Waals surface area contributed by atoms with Crippen LogP contribution in [0.2, 0.25) is 0 Å². The van der Waals surface area contributed by atoms with Crippen molar-refractivity contribution < 1.29 is 4.74 Å². The van der Waals surface area contributed by atoms with Crippen LogP contribution in [0.1, 0.15) is 0 Å². The Hall–Kier alpha value is -0.770. The van der Waals surface area contributed by atoms with Crippen molar-refractivity contribution in [1.82, 2.24) is 5.32 Å². The predicted molar refractivity (Wildman–Crippen MR) is 33.2 cm³/mol. The summed E-state index contributed by atoms with van der Waals surface area (Å²) in [4.78, 5) is 4.06. The molecule has 0 spiro atoms. The number of nitrogens with one attached hydrogen (secondary N) is 1. The summed E-state index contributed by atoms with van der Waals surface area (Å²) in [5.41, 5.74) is 5.32. The molecule has 1 fully saturated rings. The average molecular weight is 127 g/mol. The van der Waals surface area contributed by atoms with Gasteiger partial charge in [-0.15, -0.1) is 0 Å². The SMILES string of the molecule is NC1=NC2CNCC2O1. The molecule has 2 aliphatic rings. The topological polar surface area (TPSA) is 59.6 Å². The highest BCUT2D eigenvalue weighted by molar-refractivity contribution is 5.73. The van der Waals surface area contributed by atoms with Gasteiger partial charge in [-0.05, 0) is 0 Å². The average Bonchev–Trinajstić information content (AvgIpc) is 2.22. The van der Waals surface area contributed by atoms with Crippen LogP contribution in [-0.4, -0.2) is 31.3 Å². The second kappa shape index (κ2) is 1.60. The molecule has 0 aromatic heterocycles. The molecular weight excluding hydrogens is 118 g/mol. The Kier molecular flexibility index (Phi) is 0.900. The number of rotatable bonds is 0. The summed E-state index contributed by atoms with van der Waals surface area (Å²) >= 11 is 0. The van der Waals surface area contributed by atoms with Gasteiger partial charge in [-0.3, -0.25) is 0 Å². The van der Waals surface area contributed by atoms with E-state index in [4.69, 9.17) is 10.5 Å². The third-order valence-electron chi connectivity index (χ3n) is 1.69. The largest absolute Gasteiger partial charge is 0.458 e. The molecule has 2 unspecified atom stereocenters. The summed E-state index contributed by atoms with van der Waals surface area (Å²) in [5.74, 6) is 0. The molecular formula is C5H9N3O. The molecule has 4 nitrogen and oxygen atoms in total. The second-order valence-electron chi connectivity index (χ2n) is 2.35. The lowest BCUT2D eigenvalue weighted by Crippen LogP contribution is -2.22. The predicted octanol–water partition coefficient (Wildman–Crippen LogP) is -1.33. The van der Waals surface area contributed by atoms with E-state index in [9.17, 15) is 0 Å². The van der Waals surface area contributed by atoms with E-state index in [1.54, 1.807) is 0 Å². The molecule has 0 aliphatic carbocycles. The van der Waals surface area contributed by atoms with Crippen LogP contribution in [0.4, 0.5) is 0 Å². The fraction of sp³-hybridized carbons (Fsp3) is 0.800. The van der Waals surface area contributed by atoms with Crippen molar-refractivity contribution in [3.63, 3.8) is 0 Å². The van der Waals surface area contributed by atoms with Crippen molar-refractivity contribution in [2.45, 2.75) is 12.1 Å². The monoisotopic (exact) mass is 127 g/mol. The highest BCUT2D eigenvalue weighted by atomic mass is 16.5. The van der Waals surface area contributed by atoms with Crippen molar-refractivity contribution in [3.8, 4) is 0 Å². The highest BCUT2D eigenvalue weighted by Crippen LogP contribution is 2.14. The van der Waals surface area contributed by atoms with Crippen LogP contribution in [0.25, 0.3) is 0 Å². The van der Waals surface area contributed by atoms with Crippen molar-refractivity contribution >= 4 is 6.02 Å². The van der Waals surface area contributed by atoms with E-state index in [2.05, 4.69) is 10.3 Å². The molecule has 50 valence electrons. The number of hydrogen-bond acceptors (Lipinski definition) is 4. The van der Waals surface area contributed by atoms with Crippen LogP contribution in [0.5, 0.6) is 0 Å². The maximum Gasteiger partial charge on any atom is 0.282 e. The fourth-order valence-corrected chi connectivity index (χ4v) is 1.24. The van der Waals surface area contributed by atoms with Crippen LogP contribution in [-0.2, 0) is 4.74 Å². The minimum absolute atomic E-state index is 0.213. The van der Waals surface area contributed by atoms with E-state index < -0.39 is 0 Å². The summed E-state index contributed by atoms with van der Waals surface area (Å²) < 4.78 is 5.15. The van der Waals surface area contributed by atoms with Gasteiger partial charge in [0.15, 0.2) is 0 Å². The van der Waals surface area contributed by atoms with Crippen molar-refractivity contribution in [2.75, 3.05) is 13.1 Å². The summed E-state index contributed by atoms with van der Waals surface area (Å²) in [7, 11) is 0. The Balaban J connectivity index is 2.13. The molecule has 2 atom stereocenters. The normalized spacial score (nSPS) is 39.8. The van der Waals surface area contributed by atoms with E-state index in [-0.39, 0.29) is 12.1 Å². The van der Waals surface area contributed by atoms with Gasteiger partial charge in [-0.1, -0.05) is 0 Å². The molecule has 9 heavy (non-hydrogen) atoms. The zero-order chi connectivity index (χ0) is 6.27. The number of fused-ring (bicyclic) bond motifs is 1. The van der Waals surface area contributed by atoms with E-state index >= 15 is 0 Å². The number of nitrogens with two attached hydrogens (primary N) is 1. The Morgan fingerprint density at radius 3 is 3.33 bits per heavy atom. The molecule has 0 amide bonds. The number of nitrogens with zero attached hydrogens (tertiary/aromatic N) is 1. The molecule has 0 aromatic rings. The first kappa shape index (κ1) is 5.05. The van der Waals surface area contributed by atoms with Gasteiger partial charge in [-0.25, -0.2) is 4.99 Å². The number of amidine groups is 1. The maximum absolute atomic E-state index is 5.32. The van der Waals surface area contributed by atoms with Crippen LogP contribution in [0, 0.1) is 0 Å². The Morgan fingerprint density at radius 2 is 2.56 bits per heavy atom. The third kappa shape index (κ3) is 0.666. The molecule has 2 heterocycles. The molecule has 4 heteroatoms. The van der Waals surface area contributed by atoms with Crippen LogP contribution < -0.4 is 11.1 Å². The Labute approximate surface area is 53.1 Å². The molecule has 3 N–H and O–H groups in total. The minimum Gasteiger partial charge on any atom is -0.458 e. The standard InChI is InChI=1S/C5H9N3O/c6-5-8-3-1-7-2-4(3)9-5/h3-4,7H,1-2H2,(H2,6,8). The summed E-state index contributed by atoms with van der Waals surface area (Å²) in [6.45, 7) is 1.79. The zero-order valence-electron chi connectivity index (χ0n) is 5.00. The van der Waals surface area contributed by atoms with Crippen molar-refractivity contribution in [3.05, 3.63) is 0 Å². The lowest BCUT2D eigenvalue weighted by molar-refractivity contribution is 0.221. The third-order valence-corrected chi connectivity index (χ3v) is 1.69. The molecule has 2 aliphatic heterocycles. The summed E-state index contributed by atoms with van der Waals surface area (Å²) in [6.07, 6.45) is 0.213. The maximum atomic E-state index is 5.32. The van der Waals surface area contributed by atoms with E-state index in [1.807, 2.05) is 0 Å². The van der Waals surface area contributed by atoms with Crippen molar-refractivity contribution in [1.29, 1.82) is 0 Å². The lowest BCUT2D eigenvalue weighted by Gasteiger charge is -2.03. The van der Waals surface area contributed by atoms with Crippen LogP contribution in [0.3, 0.4) is 0 Å². The molecule has 0 aromatic carbocycles. The fourth-order valence-electron chi connectivity index (χ4n) is 1.24. The van der Waals surface area contributed by atoms with Gasteiger partial charge >= 0.3 is 0 Å². The smallest absolute Gasteiger partial charge is 0.282 e. The van der Waals surface area contributed by atoms with E-state index in [1.165, 1.54) is 0 Å². The number of ether oxygens (including phenoxy) is 1. The molecule has 0 bridgehead atoms. The molecule has 0 saturated carbocycles. The lowest BCUT2D eigenvalue weighted by atomic mass is 10.2. The van der Waals surface area contributed by atoms with Crippen LogP contribution in [0.15, 0.2) is 4.99 Å².